The van der Waals surface area contributed by atoms with Crippen molar-refractivity contribution in [3.63, 3.8) is 0 Å². The molecule has 116 valence electrons. The van der Waals surface area contributed by atoms with Crippen LogP contribution in [0, 0.1) is 6.92 Å². The number of carboxylic acid groups (broad SMARTS) is 1. The number of nitrogens with one attached hydrogen (secondary N) is 1. The molecule has 0 saturated heterocycles. The highest BCUT2D eigenvalue weighted by atomic mass is 16.5. The molecule has 0 aliphatic rings. The molecule has 0 saturated carbocycles. The molecule has 23 heavy (non-hydrogen) atoms. The number of carboxylic acids is 1. The van der Waals surface area contributed by atoms with Crippen molar-refractivity contribution >= 4 is 5.97 Å². The molecule has 1 aromatic heterocycles. The third-order valence-corrected chi connectivity index (χ3v) is 3.91. The van der Waals surface area contributed by atoms with Crippen molar-refractivity contribution in [2.75, 3.05) is 7.11 Å². The van der Waals surface area contributed by atoms with E-state index in [2.05, 4.69) is 4.98 Å². The summed E-state index contributed by atoms with van der Waals surface area (Å²) < 4.78 is 5.17. The molecule has 2 N–H and O–H groups in total. The van der Waals surface area contributed by atoms with E-state index in [4.69, 9.17) is 4.74 Å². The predicted octanol–water partition coefficient (Wildman–Crippen LogP) is 4.36. The molecule has 1 heterocycles. The molecule has 0 atom stereocenters. The highest BCUT2D eigenvalue weighted by Crippen LogP contribution is 2.35. The Hall–Kier alpha value is -3.01. The fraction of sp³-hybridized carbons (Fsp3) is 0.105. The van der Waals surface area contributed by atoms with E-state index in [1.165, 1.54) is 0 Å². The Kier molecular flexibility index (Phi) is 3.89. The monoisotopic (exact) mass is 307 g/mol. The van der Waals surface area contributed by atoms with Gasteiger partial charge in [-0.05, 0) is 47.9 Å². The van der Waals surface area contributed by atoms with Crippen molar-refractivity contribution in [1.29, 1.82) is 0 Å². The van der Waals surface area contributed by atoms with Crippen LogP contribution in [-0.2, 0) is 0 Å². The van der Waals surface area contributed by atoms with Gasteiger partial charge in [0.2, 0.25) is 0 Å². The lowest BCUT2D eigenvalue weighted by molar-refractivity contribution is 0.0692. The average Bonchev–Trinajstić information content (AvgIpc) is 2.93. The minimum absolute atomic E-state index is 0.208. The Bertz CT molecular complexity index is 833. The minimum Gasteiger partial charge on any atom is -0.497 e. The topological polar surface area (TPSA) is 62.3 Å². The van der Waals surface area contributed by atoms with E-state index in [9.17, 15) is 9.90 Å². The summed E-state index contributed by atoms with van der Waals surface area (Å²) in [7, 11) is 1.62. The van der Waals surface area contributed by atoms with Crippen LogP contribution >= 0.6 is 0 Å². The van der Waals surface area contributed by atoms with Crippen LogP contribution in [0.3, 0.4) is 0 Å². The van der Waals surface area contributed by atoms with Gasteiger partial charge in [0.05, 0.1) is 7.11 Å². The van der Waals surface area contributed by atoms with Gasteiger partial charge >= 0.3 is 5.97 Å². The van der Waals surface area contributed by atoms with Crippen LogP contribution in [0.25, 0.3) is 22.4 Å². The molecule has 0 spiro atoms. The second-order valence-corrected chi connectivity index (χ2v) is 5.27. The number of rotatable bonds is 4. The number of hydrogen-bond acceptors (Lipinski definition) is 2. The van der Waals surface area contributed by atoms with Gasteiger partial charge in [0.25, 0.3) is 0 Å². The molecule has 3 aromatic rings. The van der Waals surface area contributed by atoms with E-state index in [1.54, 1.807) is 7.11 Å². The first-order valence-corrected chi connectivity index (χ1v) is 7.27. The lowest BCUT2D eigenvalue weighted by Crippen LogP contribution is -1.99. The molecule has 3 rings (SSSR count). The first-order valence-electron chi connectivity index (χ1n) is 7.27. The Morgan fingerprint density at radius 3 is 2.22 bits per heavy atom. The van der Waals surface area contributed by atoms with Crippen molar-refractivity contribution in [3.05, 3.63) is 65.9 Å². The van der Waals surface area contributed by atoms with Gasteiger partial charge in [-0.2, -0.15) is 0 Å². The molecular weight excluding hydrogens is 290 g/mol. The number of aromatic carboxylic acids is 1. The van der Waals surface area contributed by atoms with Gasteiger partial charge in [-0.15, -0.1) is 0 Å². The summed E-state index contributed by atoms with van der Waals surface area (Å²) in [6.07, 6.45) is 0. The van der Waals surface area contributed by atoms with E-state index in [0.717, 1.165) is 33.7 Å². The minimum atomic E-state index is -0.966. The number of methoxy groups -OCH3 is 1. The summed E-state index contributed by atoms with van der Waals surface area (Å²) in [5, 5.41) is 9.54. The van der Waals surface area contributed by atoms with E-state index >= 15 is 0 Å². The van der Waals surface area contributed by atoms with Gasteiger partial charge in [0.1, 0.15) is 11.4 Å². The first-order chi connectivity index (χ1) is 11.1. The van der Waals surface area contributed by atoms with Gasteiger partial charge in [0.15, 0.2) is 0 Å². The Morgan fingerprint density at radius 1 is 1.00 bits per heavy atom. The summed E-state index contributed by atoms with van der Waals surface area (Å²) in [5.41, 5.74) is 4.47. The molecule has 4 heteroatoms. The number of benzene rings is 2. The zero-order valence-corrected chi connectivity index (χ0v) is 13.0. The fourth-order valence-corrected chi connectivity index (χ4v) is 2.77. The Morgan fingerprint density at radius 2 is 1.65 bits per heavy atom. The van der Waals surface area contributed by atoms with Crippen LogP contribution in [0.5, 0.6) is 5.75 Å². The summed E-state index contributed by atoms with van der Waals surface area (Å²) >= 11 is 0. The van der Waals surface area contributed by atoms with Crippen LogP contribution in [-0.4, -0.2) is 23.2 Å². The number of ether oxygens (including phenoxy) is 1. The Balaban J connectivity index is 2.17. The summed E-state index contributed by atoms with van der Waals surface area (Å²) in [6, 6.07) is 17.1. The van der Waals surface area contributed by atoms with Crippen LogP contribution in [0.1, 0.15) is 16.1 Å². The van der Waals surface area contributed by atoms with Crippen molar-refractivity contribution in [2.24, 2.45) is 0 Å². The van der Waals surface area contributed by atoms with E-state index in [-0.39, 0.29) is 5.69 Å². The van der Waals surface area contributed by atoms with Crippen molar-refractivity contribution in [1.82, 2.24) is 4.98 Å². The van der Waals surface area contributed by atoms with E-state index < -0.39 is 5.97 Å². The fourth-order valence-electron chi connectivity index (χ4n) is 2.77. The third-order valence-electron chi connectivity index (χ3n) is 3.91. The van der Waals surface area contributed by atoms with Gasteiger partial charge in [-0.25, -0.2) is 4.79 Å². The lowest BCUT2D eigenvalue weighted by Gasteiger charge is -2.05. The summed E-state index contributed by atoms with van der Waals surface area (Å²) in [4.78, 5) is 14.7. The van der Waals surface area contributed by atoms with Crippen LogP contribution in [0.2, 0.25) is 0 Å². The molecule has 0 radical (unpaired) electrons. The molecule has 0 unspecified atom stereocenters. The number of H-pyrrole nitrogens is 1. The molecule has 0 aliphatic heterocycles. The average molecular weight is 307 g/mol. The van der Waals surface area contributed by atoms with Crippen LogP contribution in [0.4, 0.5) is 0 Å². The quantitative estimate of drug-likeness (QED) is 0.752. The maximum absolute atomic E-state index is 11.6. The molecule has 0 bridgehead atoms. The largest absolute Gasteiger partial charge is 0.497 e. The van der Waals surface area contributed by atoms with Gasteiger partial charge in [-0.3, -0.25) is 0 Å². The smallest absolute Gasteiger partial charge is 0.352 e. The highest BCUT2D eigenvalue weighted by molar-refractivity contribution is 5.98. The number of aromatic nitrogens is 1. The number of carbonyl (C=O) groups is 1. The third kappa shape index (κ3) is 2.71. The maximum Gasteiger partial charge on any atom is 0.352 e. The standard InChI is InChI=1S/C19H17NO3/c1-12-16(13-6-4-3-5-7-13)18(19(21)22)20-17(12)14-8-10-15(23-2)11-9-14/h3-11,20H,1-2H3,(H,21,22). The predicted molar refractivity (Wildman–Crippen MR) is 89.9 cm³/mol. The number of aromatic amines is 1. The highest BCUT2D eigenvalue weighted by Gasteiger charge is 2.21. The molecule has 0 amide bonds. The zero-order valence-electron chi connectivity index (χ0n) is 13.0. The lowest BCUT2D eigenvalue weighted by atomic mass is 9.99. The molecule has 0 fully saturated rings. The van der Waals surface area contributed by atoms with Crippen molar-refractivity contribution in [3.8, 4) is 28.1 Å². The second kappa shape index (κ2) is 6.01. The van der Waals surface area contributed by atoms with Crippen molar-refractivity contribution in [2.45, 2.75) is 6.92 Å². The molecule has 0 aliphatic carbocycles. The normalized spacial score (nSPS) is 10.5. The molecular formula is C19H17NO3. The first kappa shape index (κ1) is 14.9. The summed E-state index contributed by atoms with van der Waals surface area (Å²) in [6.45, 7) is 1.94. The molecule has 4 nitrogen and oxygen atoms in total. The zero-order chi connectivity index (χ0) is 16.4. The maximum atomic E-state index is 11.6. The second-order valence-electron chi connectivity index (χ2n) is 5.27. The SMILES string of the molecule is COc1ccc(-c2[nH]c(C(=O)O)c(-c3ccccc3)c2C)cc1. The number of hydrogen-bond donors (Lipinski definition) is 2. The Labute approximate surface area is 134 Å². The van der Waals surface area contributed by atoms with Gasteiger partial charge in [-0.1, -0.05) is 30.3 Å². The van der Waals surface area contributed by atoms with Crippen LogP contribution < -0.4 is 4.74 Å². The van der Waals surface area contributed by atoms with Gasteiger partial charge in [0, 0.05) is 11.3 Å². The van der Waals surface area contributed by atoms with E-state index in [0.29, 0.717) is 0 Å². The van der Waals surface area contributed by atoms with E-state index in [1.807, 2.05) is 61.5 Å². The van der Waals surface area contributed by atoms with Gasteiger partial charge < -0.3 is 14.8 Å². The van der Waals surface area contributed by atoms with Crippen molar-refractivity contribution < 1.29 is 14.6 Å². The summed E-state index contributed by atoms with van der Waals surface area (Å²) in [5.74, 6) is -0.202. The molecule has 2 aromatic carbocycles. The van der Waals surface area contributed by atoms with Crippen LogP contribution in [0.15, 0.2) is 54.6 Å².